The minimum atomic E-state index is -0.801. The predicted octanol–water partition coefficient (Wildman–Crippen LogP) is 3.03. The summed E-state index contributed by atoms with van der Waals surface area (Å²) in [6, 6.07) is 9.83. The lowest BCUT2D eigenvalue weighted by molar-refractivity contribution is -0.00402. The van der Waals surface area contributed by atoms with Crippen LogP contribution in [0.1, 0.15) is 60.8 Å². The Kier molecular flexibility index (Phi) is 7.15. The van der Waals surface area contributed by atoms with Crippen molar-refractivity contribution in [1.82, 2.24) is 20.0 Å². The van der Waals surface area contributed by atoms with Crippen LogP contribution in [0.2, 0.25) is 0 Å². The summed E-state index contributed by atoms with van der Waals surface area (Å²) in [7, 11) is 3.68. The van der Waals surface area contributed by atoms with E-state index in [1.807, 2.05) is 42.3 Å². The molecule has 1 fully saturated rings. The zero-order valence-corrected chi connectivity index (χ0v) is 18.5. The van der Waals surface area contributed by atoms with Crippen molar-refractivity contribution >= 4 is 5.91 Å². The molecule has 1 aliphatic rings. The zero-order valence-electron chi connectivity index (χ0n) is 18.5. The molecule has 1 aliphatic heterocycles. The first kappa shape index (κ1) is 22.3. The summed E-state index contributed by atoms with van der Waals surface area (Å²) in [4.78, 5) is 16.8. The molecule has 0 unspecified atom stereocenters. The van der Waals surface area contributed by atoms with E-state index >= 15 is 0 Å². The highest BCUT2D eigenvalue weighted by molar-refractivity contribution is 5.92. The molecule has 1 atom stereocenters. The SMILES string of the molecule is COc1ccc(CN(C)C[C@@]2(O)CCCN(C(=O)c3cc(C(C)C)[nH]n3)CC2)cc1. The highest BCUT2D eigenvalue weighted by Crippen LogP contribution is 2.25. The van der Waals surface area contributed by atoms with Gasteiger partial charge >= 0.3 is 0 Å². The molecule has 0 radical (unpaired) electrons. The Morgan fingerprint density at radius 1 is 1.30 bits per heavy atom. The number of methoxy groups -OCH3 is 1. The van der Waals surface area contributed by atoms with Gasteiger partial charge in [0.1, 0.15) is 11.4 Å². The molecule has 1 aromatic carbocycles. The number of carbonyl (C=O) groups is 1. The van der Waals surface area contributed by atoms with Gasteiger partial charge in [-0.3, -0.25) is 14.8 Å². The number of hydrogen-bond acceptors (Lipinski definition) is 5. The molecule has 7 nitrogen and oxygen atoms in total. The lowest BCUT2D eigenvalue weighted by Gasteiger charge is -2.31. The fourth-order valence-electron chi connectivity index (χ4n) is 4.04. The summed E-state index contributed by atoms with van der Waals surface area (Å²) in [5.41, 5.74) is 1.79. The van der Waals surface area contributed by atoms with Crippen LogP contribution in [0.4, 0.5) is 0 Å². The Morgan fingerprint density at radius 3 is 2.67 bits per heavy atom. The molecule has 1 aromatic heterocycles. The van der Waals surface area contributed by atoms with E-state index in [2.05, 4.69) is 28.9 Å². The molecule has 2 aromatic rings. The predicted molar refractivity (Wildman–Crippen MR) is 117 cm³/mol. The first-order valence-corrected chi connectivity index (χ1v) is 10.7. The van der Waals surface area contributed by atoms with Crippen LogP contribution in [-0.4, -0.2) is 70.4 Å². The summed E-state index contributed by atoms with van der Waals surface area (Å²) in [6.07, 6.45) is 2.02. The molecule has 0 spiro atoms. The van der Waals surface area contributed by atoms with Crippen LogP contribution in [0.15, 0.2) is 30.3 Å². The van der Waals surface area contributed by atoms with E-state index in [1.165, 1.54) is 5.56 Å². The molecule has 1 saturated heterocycles. The maximum atomic E-state index is 12.9. The zero-order chi connectivity index (χ0) is 21.7. The van der Waals surface area contributed by atoms with Crippen LogP contribution in [0.3, 0.4) is 0 Å². The second-order valence-corrected chi connectivity index (χ2v) is 8.75. The molecule has 30 heavy (non-hydrogen) atoms. The number of aliphatic hydroxyl groups is 1. The van der Waals surface area contributed by atoms with Gasteiger partial charge in [0.25, 0.3) is 5.91 Å². The van der Waals surface area contributed by atoms with Gasteiger partial charge in [-0.25, -0.2) is 0 Å². The number of likely N-dealkylation sites (N-methyl/N-ethyl adjacent to an activating group) is 1. The largest absolute Gasteiger partial charge is 0.497 e. The minimum Gasteiger partial charge on any atom is -0.497 e. The summed E-state index contributed by atoms with van der Waals surface area (Å²) in [5.74, 6) is 1.08. The number of amides is 1. The van der Waals surface area contributed by atoms with Crippen molar-refractivity contribution in [2.45, 2.75) is 51.2 Å². The van der Waals surface area contributed by atoms with Gasteiger partial charge in [0.15, 0.2) is 0 Å². The first-order valence-electron chi connectivity index (χ1n) is 10.7. The standard InChI is InChI=1S/C23H34N4O3/c1-17(2)20-14-21(25-24-20)22(28)27-12-5-10-23(29,11-13-27)16-26(3)15-18-6-8-19(30-4)9-7-18/h6-9,14,17,29H,5,10-13,15-16H2,1-4H3,(H,24,25)/t23-/m1/s1. The lowest BCUT2D eigenvalue weighted by atomic mass is 9.94. The molecule has 0 bridgehead atoms. The van der Waals surface area contributed by atoms with Gasteiger partial charge in [-0.05, 0) is 56.0 Å². The molecular formula is C23H34N4O3. The van der Waals surface area contributed by atoms with E-state index in [0.717, 1.165) is 24.4 Å². The van der Waals surface area contributed by atoms with Gasteiger partial charge in [0.2, 0.25) is 0 Å². The molecule has 2 heterocycles. The van der Waals surface area contributed by atoms with Crippen LogP contribution in [-0.2, 0) is 6.54 Å². The number of aromatic nitrogens is 2. The molecule has 3 rings (SSSR count). The van der Waals surface area contributed by atoms with Gasteiger partial charge in [0, 0.05) is 31.9 Å². The minimum absolute atomic E-state index is 0.0611. The average molecular weight is 415 g/mol. The Morgan fingerprint density at radius 2 is 2.03 bits per heavy atom. The van der Waals surface area contributed by atoms with Gasteiger partial charge < -0.3 is 14.7 Å². The molecule has 7 heteroatoms. The second kappa shape index (κ2) is 9.62. The monoisotopic (exact) mass is 414 g/mol. The number of rotatable bonds is 7. The van der Waals surface area contributed by atoms with Crippen molar-refractivity contribution in [2.75, 3.05) is 33.8 Å². The van der Waals surface area contributed by atoms with Crippen molar-refractivity contribution in [3.8, 4) is 5.75 Å². The van der Waals surface area contributed by atoms with Crippen molar-refractivity contribution in [1.29, 1.82) is 0 Å². The highest BCUT2D eigenvalue weighted by Gasteiger charge is 2.33. The van der Waals surface area contributed by atoms with Gasteiger partial charge in [-0.2, -0.15) is 5.10 Å². The number of likely N-dealkylation sites (tertiary alicyclic amines) is 1. The molecule has 0 aliphatic carbocycles. The molecule has 164 valence electrons. The molecule has 0 saturated carbocycles. The number of hydrogen-bond donors (Lipinski definition) is 2. The van der Waals surface area contributed by atoms with E-state index in [-0.39, 0.29) is 5.91 Å². The number of H-pyrrole nitrogens is 1. The van der Waals surface area contributed by atoms with Crippen molar-refractivity contribution in [2.24, 2.45) is 0 Å². The first-order chi connectivity index (χ1) is 14.3. The fraction of sp³-hybridized carbons (Fsp3) is 0.565. The van der Waals surface area contributed by atoms with Crippen molar-refractivity contribution < 1.29 is 14.6 Å². The average Bonchev–Trinajstić information content (AvgIpc) is 3.13. The normalized spacial score (nSPS) is 19.9. The maximum absolute atomic E-state index is 12.9. The quantitative estimate of drug-likeness (QED) is 0.728. The van der Waals surface area contributed by atoms with Gasteiger partial charge in [-0.15, -0.1) is 0 Å². The summed E-state index contributed by atoms with van der Waals surface area (Å²) in [6.45, 7) is 6.64. The number of benzene rings is 1. The summed E-state index contributed by atoms with van der Waals surface area (Å²) in [5, 5.41) is 18.4. The van der Waals surface area contributed by atoms with Crippen molar-refractivity contribution in [3.05, 3.63) is 47.3 Å². The van der Waals surface area contributed by atoms with E-state index in [4.69, 9.17) is 4.74 Å². The molecular weight excluding hydrogens is 380 g/mol. The number of ether oxygens (including phenoxy) is 1. The van der Waals surface area contributed by atoms with Crippen LogP contribution in [0.25, 0.3) is 0 Å². The molecule has 2 N–H and O–H groups in total. The third kappa shape index (κ3) is 5.61. The number of nitrogens with one attached hydrogen (secondary N) is 1. The fourth-order valence-corrected chi connectivity index (χ4v) is 4.04. The highest BCUT2D eigenvalue weighted by atomic mass is 16.5. The number of nitrogens with zero attached hydrogens (tertiary/aromatic N) is 3. The van der Waals surface area contributed by atoms with E-state index in [9.17, 15) is 9.90 Å². The Labute approximate surface area is 179 Å². The topological polar surface area (TPSA) is 81.7 Å². The lowest BCUT2D eigenvalue weighted by Crippen LogP contribution is -2.42. The molecule has 1 amide bonds. The smallest absolute Gasteiger partial charge is 0.274 e. The van der Waals surface area contributed by atoms with E-state index < -0.39 is 5.60 Å². The third-order valence-corrected chi connectivity index (χ3v) is 5.82. The Hall–Kier alpha value is -2.38. The van der Waals surface area contributed by atoms with Crippen LogP contribution in [0.5, 0.6) is 5.75 Å². The van der Waals surface area contributed by atoms with E-state index in [0.29, 0.717) is 44.1 Å². The second-order valence-electron chi connectivity index (χ2n) is 8.75. The van der Waals surface area contributed by atoms with Gasteiger partial charge in [0.05, 0.1) is 12.7 Å². The number of carbonyl (C=O) groups excluding carboxylic acids is 1. The van der Waals surface area contributed by atoms with Crippen LogP contribution >= 0.6 is 0 Å². The van der Waals surface area contributed by atoms with Crippen molar-refractivity contribution in [3.63, 3.8) is 0 Å². The Balaban J connectivity index is 1.56. The Bertz CT molecular complexity index is 833. The summed E-state index contributed by atoms with van der Waals surface area (Å²) >= 11 is 0. The summed E-state index contributed by atoms with van der Waals surface area (Å²) < 4.78 is 5.21. The van der Waals surface area contributed by atoms with Crippen LogP contribution in [0, 0.1) is 0 Å². The van der Waals surface area contributed by atoms with E-state index in [1.54, 1.807) is 7.11 Å². The maximum Gasteiger partial charge on any atom is 0.274 e. The van der Waals surface area contributed by atoms with Gasteiger partial charge in [-0.1, -0.05) is 26.0 Å². The van der Waals surface area contributed by atoms with Crippen LogP contribution < -0.4 is 4.74 Å². The third-order valence-electron chi connectivity index (χ3n) is 5.82. The number of aromatic amines is 1.